The number of aliphatic hydroxyl groups excluding tert-OH is 1. The molecule has 0 saturated heterocycles. The van der Waals surface area contributed by atoms with E-state index in [1.807, 2.05) is 0 Å². The molecule has 0 atom stereocenters. The summed E-state index contributed by atoms with van der Waals surface area (Å²) in [6.45, 7) is 1.63. The average Bonchev–Trinajstić information content (AvgIpc) is 2.17. The Hall–Kier alpha value is -1.06. The van der Waals surface area contributed by atoms with E-state index in [0.717, 1.165) is 0 Å². The topological polar surface area (TPSA) is 46.5 Å². The van der Waals surface area contributed by atoms with Crippen molar-refractivity contribution in [2.45, 2.75) is 13.5 Å². The summed E-state index contributed by atoms with van der Waals surface area (Å²) in [6.07, 6.45) is 0. The van der Waals surface area contributed by atoms with Gasteiger partial charge < -0.3 is 9.40 Å². The fourth-order valence-corrected chi connectivity index (χ4v) is 1.20. The van der Waals surface area contributed by atoms with Gasteiger partial charge in [0.05, 0.1) is 12.2 Å². The van der Waals surface area contributed by atoms with Crippen molar-refractivity contribution in [2.24, 2.45) is 0 Å². The third-order valence-electron chi connectivity index (χ3n) is 1.91. The van der Waals surface area contributed by atoms with Crippen LogP contribution in [0.3, 0.4) is 0 Å². The van der Waals surface area contributed by atoms with Crippen LogP contribution in [0.1, 0.15) is 21.5 Å². The fraction of sp³-hybridized carbons (Fsp3) is 0.222. The molecule has 0 radical (unpaired) electrons. The minimum Gasteiger partial charge on any atom is -0.392 e. The smallest absolute Gasteiger partial charge is 0.356 e. The van der Waals surface area contributed by atoms with Crippen LogP contribution in [0.15, 0.2) is 18.2 Å². The summed E-state index contributed by atoms with van der Waals surface area (Å²) in [5, 5.41) is 8.91. The maximum atomic E-state index is 11.1. The van der Waals surface area contributed by atoms with Crippen LogP contribution >= 0.6 is 11.9 Å². The number of aliphatic hydroxyl groups is 1. The lowest BCUT2D eigenvalue weighted by Crippen LogP contribution is -2.03. The molecule has 0 saturated carbocycles. The Morgan fingerprint density at radius 3 is 2.85 bits per heavy atom. The van der Waals surface area contributed by atoms with Crippen molar-refractivity contribution in [2.75, 3.05) is 0 Å². The van der Waals surface area contributed by atoms with Crippen LogP contribution in [0.4, 0.5) is 0 Å². The van der Waals surface area contributed by atoms with Gasteiger partial charge in [-0.3, -0.25) is 0 Å². The second kappa shape index (κ2) is 4.25. The molecule has 0 unspecified atom stereocenters. The zero-order chi connectivity index (χ0) is 9.84. The lowest BCUT2D eigenvalue weighted by Gasteiger charge is -2.05. The summed E-state index contributed by atoms with van der Waals surface area (Å²) in [6, 6.07) is 5.00. The minimum absolute atomic E-state index is 0.102. The van der Waals surface area contributed by atoms with E-state index in [-0.39, 0.29) is 6.61 Å². The predicted molar refractivity (Wildman–Crippen MR) is 48.4 cm³/mol. The zero-order valence-electron chi connectivity index (χ0n) is 7.08. The van der Waals surface area contributed by atoms with Gasteiger partial charge in [-0.2, -0.15) is 0 Å². The predicted octanol–water partition coefficient (Wildman–Crippen LogP) is 1.80. The van der Waals surface area contributed by atoms with Gasteiger partial charge in [-0.1, -0.05) is 12.1 Å². The Balaban J connectivity index is 3.15. The van der Waals surface area contributed by atoms with Crippen LogP contribution in [-0.2, 0) is 10.9 Å². The number of hydrogen-bond donors (Lipinski definition) is 1. The summed E-state index contributed by atoms with van der Waals surface area (Å²) < 4.78 is 4.07. The Morgan fingerprint density at radius 2 is 2.31 bits per heavy atom. The number of carbonyl (C=O) groups is 1. The molecular formula is C9H9ClO3. The SMILES string of the molecule is Cc1c(CO)cccc1C(=O)OCl. The number of hydrogen-bond acceptors (Lipinski definition) is 3. The van der Waals surface area contributed by atoms with Crippen molar-refractivity contribution in [1.29, 1.82) is 0 Å². The molecule has 70 valence electrons. The summed E-state index contributed by atoms with van der Waals surface area (Å²) in [5.74, 6) is -0.602. The summed E-state index contributed by atoms with van der Waals surface area (Å²) in [4.78, 5) is 11.1. The molecular weight excluding hydrogens is 192 g/mol. The van der Waals surface area contributed by atoms with Crippen molar-refractivity contribution in [3.63, 3.8) is 0 Å². The van der Waals surface area contributed by atoms with Crippen LogP contribution in [0.5, 0.6) is 0 Å². The molecule has 1 rings (SSSR count). The molecule has 1 aromatic carbocycles. The summed E-state index contributed by atoms with van der Waals surface area (Å²) in [5.41, 5.74) is 1.76. The van der Waals surface area contributed by atoms with E-state index in [0.29, 0.717) is 16.7 Å². The van der Waals surface area contributed by atoms with Crippen molar-refractivity contribution in [3.05, 3.63) is 34.9 Å². The molecule has 0 aliphatic rings. The molecule has 1 aromatic rings. The van der Waals surface area contributed by atoms with Gasteiger partial charge in [0.15, 0.2) is 0 Å². The molecule has 0 heterocycles. The Labute approximate surface area is 81.1 Å². The first kappa shape index (κ1) is 10.0. The molecule has 0 aliphatic carbocycles. The highest BCUT2D eigenvalue weighted by Gasteiger charge is 2.11. The lowest BCUT2D eigenvalue weighted by molar-refractivity contribution is 0.0750. The maximum absolute atomic E-state index is 11.1. The molecule has 4 heteroatoms. The monoisotopic (exact) mass is 200 g/mol. The Kier molecular flexibility index (Phi) is 3.28. The van der Waals surface area contributed by atoms with E-state index in [9.17, 15) is 4.79 Å². The normalized spacial score (nSPS) is 9.77. The van der Waals surface area contributed by atoms with Crippen LogP contribution in [0.25, 0.3) is 0 Å². The van der Waals surface area contributed by atoms with Gasteiger partial charge in [-0.05, 0) is 24.1 Å². The fourth-order valence-electron chi connectivity index (χ4n) is 1.12. The Morgan fingerprint density at radius 1 is 1.62 bits per heavy atom. The highest BCUT2D eigenvalue weighted by atomic mass is 35.5. The molecule has 0 spiro atoms. The Bertz CT molecular complexity index is 323. The second-order valence-electron chi connectivity index (χ2n) is 2.61. The first-order valence-corrected chi connectivity index (χ1v) is 4.03. The molecule has 3 nitrogen and oxygen atoms in total. The largest absolute Gasteiger partial charge is 0.392 e. The van der Waals surface area contributed by atoms with Crippen LogP contribution in [0, 0.1) is 6.92 Å². The number of halogens is 1. The quantitative estimate of drug-likeness (QED) is 0.792. The number of benzene rings is 1. The molecule has 0 amide bonds. The van der Waals surface area contributed by atoms with Crippen LogP contribution in [-0.4, -0.2) is 11.1 Å². The van der Waals surface area contributed by atoms with Crippen molar-refractivity contribution in [3.8, 4) is 0 Å². The molecule has 0 aliphatic heterocycles. The van der Waals surface area contributed by atoms with E-state index in [1.165, 1.54) is 0 Å². The lowest BCUT2D eigenvalue weighted by atomic mass is 10.0. The second-order valence-corrected chi connectivity index (χ2v) is 2.77. The van der Waals surface area contributed by atoms with Gasteiger partial charge in [0, 0.05) is 0 Å². The van der Waals surface area contributed by atoms with Gasteiger partial charge in [-0.25, -0.2) is 4.79 Å². The standard InChI is InChI=1S/C9H9ClO3/c1-6-7(5-11)3-2-4-8(6)9(12)13-10/h2-4,11H,5H2,1H3. The summed E-state index contributed by atoms with van der Waals surface area (Å²) in [7, 11) is 0. The molecule has 13 heavy (non-hydrogen) atoms. The molecule has 1 N–H and O–H groups in total. The van der Waals surface area contributed by atoms with E-state index in [1.54, 1.807) is 25.1 Å². The van der Waals surface area contributed by atoms with E-state index < -0.39 is 5.97 Å². The van der Waals surface area contributed by atoms with Crippen LogP contribution < -0.4 is 0 Å². The number of carbonyl (C=O) groups excluding carboxylic acids is 1. The molecule has 0 fully saturated rings. The van der Waals surface area contributed by atoms with Crippen molar-refractivity contribution in [1.82, 2.24) is 0 Å². The highest BCUT2D eigenvalue weighted by Crippen LogP contribution is 2.15. The average molecular weight is 201 g/mol. The van der Waals surface area contributed by atoms with Gasteiger partial charge in [0.25, 0.3) is 0 Å². The zero-order valence-corrected chi connectivity index (χ0v) is 7.84. The van der Waals surface area contributed by atoms with Crippen molar-refractivity contribution < 1.29 is 14.2 Å². The van der Waals surface area contributed by atoms with E-state index in [4.69, 9.17) is 17.0 Å². The van der Waals surface area contributed by atoms with Gasteiger partial charge in [-0.15, -0.1) is 0 Å². The van der Waals surface area contributed by atoms with E-state index >= 15 is 0 Å². The van der Waals surface area contributed by atoms with Crippen LogP contribution in [0.2, 0.25) is 0 Å². The maximum Gasteiger partial charge on any atom is 0.356 e. The third kappa shape index (κ3) is 1.99. The van der Waals surface area contributed by atoms with Crippen molar-refractivity contribution >= 4 is 17.8 Å². The van der Waals surface area contributed by atoms with Gasteiger partial charge >= 0.3 is 5.97 Å². The highest BCUT2D eigenvalue weighted by molar-refractivity contribution is 6.16. The number of rotatable bonds is 2. The first-order valence-electron chi connectivity index (χ1n) is 3.73. The van der Waals surface area contributed by atoms with Gasteiger partial charge in [0.2, 0.25) is 0 Å². The molecule has 0 aromatic heterocycles. The summed E-state index contributed by atoms with van der Waals surface area (Å²) >= 11 is 4.94. The minimum atomic E-state index is -0.602. The van der Waals surface area contributed by atoms with E-state index in [2.05, 4.69) is 4.29 Å². The van der Waals surface area contributed by atoms with Gasteiger partial charge in [0.1, 0.15) is 11.9 Å². The third-order valence-corrected chi connectivity index (χ3v) is 2.05. The first-order chi connectivity index (χ1) is 6.20. The molecule has 0 bridgehead atoms.